The lowest BCUT2D eigenvalue weighted by atomic mass is 9.98. The first-order valence-electron chi connectivity index (χ1n) is 7.22. The molecule has 2 atom stereocenters. The fraction of sp³-hybridized carbons (Fsp3) is 0.562. The Balaban J connectivity index is 1.93. The SMILES string of the molecule is CCNC1(C(=O)O)CCC(SCc2ccccc2C)C1. The van der Waals surface area contributed by atoms with Crippen molar-refractivity contribution >= 4 is 17.7 Å². The number of nitrogens with one attached hydrogen (secondary N) is 1. The predicted octanol–water partition coefficient (Wildman–Crippen LogP) is 3.21. The third-order valence-electron chi connectivity index (χ3n) is 4.13. The summed E-state index contributed by atoms with van der Waals surface area (Å²) in [5.41, 5.74) is 1.97. The molecule has 2 rings (SSSR count). The van der Waals surface area contributed by atoms with Gasteiger partial charge in [0.25, 0.3) is 0 Å². The molecule has 4 heteroatoms. The summed E-state index contributed by atoms with van der Waals surface area (Å²) in [5.74, 6) is 0.275. The molecule has 0 aliphatic heterocycles. The highest BCUT2D eigenvalue weighted by molar-refractivity contribution is 7.99. The highest BCUT2D eigenvalue weighted by Gasteiger charge is 2.44. The number of hydrogen-bond acceptors (Lipinski definition) is 3. The molecule has 1 saturated carbocycles. The smallest absolute Gasteiger partial charge is 0.323 e. The third-order valence-corrected chi connectivity index (χ3v) is 5.48. The van der Waals surface area contributed by atoms with Crippen molar-refractivity contribution in [2.75, 3.05) is 6.54 Å². The Morgan fingerprint density at radius 1 is 1.50 bits per heavy atom. The van der Waals surface area contributed by atoms with E-state index < -0.39 is 11.5 Å². The summed E-state index contributed by atoms with van der Waals surface area (Å²) in [6, 6.07) is 8.41. The molecule has 0 bridgehead atoms. The molecule has 3 nitrogen and oxygen atoms in total. The summed E-state index contributed by atoms with van der Waals surface area (Å²) >= 11 is 1.89. The van der Waals surface area contributed by atoms with Gasteiger partial charge in [-0.15, -0.1) is 0 Å². The van der Waals surface area contributed by atoms with Crippen LogP contribution in [0.2, 0.25) is 0 Å². The molecule has 0 saturated heterocycles. The lowest BCUT2D eigenvalue weighted by molar-refractivity contribution is -0.144. The van der Waals surface area contributed by atoms with Gasteiger partial charge in [0.2, 0.25) is 0 Å². The molecule has 0 radical (unpaired) electrons. The fourth-order valence-electron chi connectivity index (χ4n) is 2.89. The number of carbonyl (C=O) groups is 1. The maximum absolute atomic E-state index is 11.5. The molecule has 2 unspecified atom stereocenters. The summed E-state index contributed by atoms with van der Waals surface area (Å²) in [6.07, 6.45) is 2.45. The Kier molecular flexibility index (Phi) is 5.11. The van der Waals surface area contributed by atoms with Gasteiger partial charge >= 0.3 is 5.97 Å². The molecule has 110 valence electrons. The van der Waals surface area contributed by atoms with Gasteiger partial charge in [0.05, 0.1) is 0 Å². The number of hydrogen-bond donors (Lipinski definition) is 2. The fourth-order valence-corrected chi connectivity index (χ4v) is 4.32. The molecule has 0 aromatic heterocycles. The van der Waals surface area contributed by atoms with Crippen molar-refractivity contribution in [2.24, 2.45) is 0 Å². The van der Waals surface area contributed by atoms with Gasteiger partial charge in [0.15, 0.2) is 0 Å². The van der Waals surface area contributed by atoms with Gasteiger partial charge in [-0.2, -0.15) is 11.8 Å². The zero-order chi connectivity index (χ0) is 14.6. The van der Waals surface area contributed by atoms with Gasteiger partial charge in [-0.05, 0) is 43.9 Å². The van der Waals surface area contributed by atoms with Crippen LogP contribution in [0.4, 0.5) is 0 Å². The van der Waals surface area contributed by atoms with Crippen molar-refractivity contribution in [1.29, 1.82) is 0 Å². The lowest BCUT2D eigenvalue weighted by Gasteiger charge is -2.25. The van der Waals surface area contributed by atoms with Crippen molar-refractivity contribution in [3.63, 3.8) is 0 Å². The van der Waals surface area contributed by atoms with Crippen molar-refractivity contribution < 1.29 is 9.90 Å². The van der Waals surface area contributed by atoms with Crippen LogP contribution < -0.4 is 5.32 Å². The minimum Gasteiger partial charge on any atom is -0.480 e. The highest BCUT2D eigenvalue weighted by Crippen LogP contribution is 2.38. The van der Waals surface area contributed by atoms with Gasteiger partial charge in [-0.25, -0.2) is 0 Å². The van der Waals surface area contributed by atoms with Crippen LogP contribution in [0.1, 0.15) is 37.3 Å². The monoisotopic (exact) mass is 293 g/mol. The number of carboxylic acid groups (broad SMARTS) is 1. The van der Waals surface area contributed by atoms with E-state index in [1.807, 2.05) is 18.7 Å². The van der Waals surface area contributed by atoms with Crippen LogP contribution in [0.15, 0.2) is 24.3 Å². The van der Waals surface area contributed by atoms with Crippen LogP contribution >= 0.6 is 11.8 Å². The molecule has 1 aromatic rings. The summed E-state index contributed by atoms with van der Waals surface area (Å²) in [4.78, 5) is 11.5. The second-order valence-corrected chi connectivity index (χ2v) is 6.81. The average molecular weight is 293 g/mol. The Labute approximate surface area is 125 Å². The number of rotatable bonds is 6. The van der Waals surface area contributed by atoms with E-state index in [0.29, 0.717) is 11.8 Å². The molecule has 1 fully saturated rings. The number of thioether (sulfide) groups is 1. The summed E-state index contributed by atoms with van der Waals surface area (Å²) in [5, 5.41) is 13.1. The van der Waals surface area contributed by atoms with E-state index in [1.165, 1.54) is 11.1 Å². The van der Waals surface area contributed by atoms with E-state index in [9.17, 15) is 9.90 Å². The highest BCUT2D eigenvalue weighted by atomic mass is 32.2. The number of carboxylic acids is 1. The second kappa shape index (κ2) is 6.64. The second-order valence-electron chi connectivity index (χ2n) is 5.52. The van der Waals surface area contributed by atoms with Gasteiger partial charge in [0, 0.05) is 11.0 Å². The number of likely N-dealkylation sites (N-methyl/N-ethyl adjacent to an activating group) is 1. The summed E-state index contributed by atoms with van der Waals surface area (Å²) in [6.45, 7) is 4.81. The number of aliphatic carboxylic acids is 1. The molecular weight excluding hydrogens is 270 g/mol. The minimum absolute atomic E-state index is 0.435. The first kappa shape index (κ1) is 15.4. The Hall–Kier alpha value is -1.00. The lowest BCUT2D eigenvalue weighted by Crippen LogP contribution is -2.50. The first-order chi connectivity index (χ1) is 9.57. The molecule has 1 aliphatic carbocycles. The zero-order valence-corrected chi connectivity index (χ0v) is 13.0. The third kappa shape index (κ3) is 3.36. The van der Waals surface area contributed by atoms with Crippen molar-refractivity contribution in [2.45, 2.75) is 49.7 Å². The van der Waals surface area contributed by atoms with Crippen molar-refractivity contribution in [3.05, 3.63) is 35.4 Å². The van der Waals surface area contributed by atoms with Crippen LogP contribution in [-0.4, -0.2) is 28.4 Å². The molecule has 0 spiro atoms. The van der Waals surface area contributed by atoms with E-state index in [4.69, 9.17) is 0 Å². The molecule has 1 aliphatic rings. The minimum atomic E-state index is -0.696. The Bertz CT molecular complexity index is 477. The van der Waals surface area contributed by atoms with E-state index in [0.717, 1.165) is 25.0 Å². The van der Waals surface area contributed by atoms with Crippen LogP contribution in [-0.2, 0) is 10.5 Å². The maximum atomic E-state index is 11.5. The van der Waals surface area contributed by atoms with Gasteiger partial charge in [-0.1, -0.05) is 31.2 Å². The Morgan fingerprint density at radius 3 is 2.90 bits per heavy atom. The summed E-state index contributed by atoms with van der Waals surface area (Å²) < 4.78 is 0. The molecule has 0 amide bonds. The quantitative estimate of drug-likeness (QED) is 0.845. The Morgan fingerprint density at radius 2 is 2.25 bits per heavy atom. The van der Waals surface area contributed by atoms with Crippen molar-refractivity contribution in [3.8, 4) is 0 Å². The topological polar surface area (TPSA) is 49.3 Å². The van der Waals surface area contributed by atoms with Crippen LogP contribution in [0.3, 0.4) is 0 Å². The molecule has 0 heterocycles. The van der Waals surface area contributed by atoms with Crippen molar-refractivity contribution in [1.82, 2.24) is 5.32 Å². The van der Waals surface area contributed by atoms with Crippen LogP contribution in [0.5, 0.6) is 0 Å². The van der Waals surface area contributed by atoms with E-state index >= 15 is 0 Å². The van der Waals surface area contributed by atoms with E-state index in [-0.39, 0.29) is 0 Å². The average Bonchev–Trinajstić information content (AvgIpc) is 2.83. The largest absolute Gasteiger partial charge is 0.480 e. The standard InChI is InChI=1S/C16H23NO2S/c1-3-17-16(15(18)19)9-8-14(10-16)20-11-13-7-5-4-6-12(13)2/h4-7,14,17H,3,8-11H2,1-2H3,(H,18,19). The maximum Gasteiger partial charge on any atom is 0.323 e. The van der Waals surface area contributed by atoms with Gasteiger partial charge in [-0.3, -0.25) is 4.79 Å². The number of aryl methyl sites for hydroxylation is 1. The van der Waals surface area contributed by atoms with E-state index in [1.54, 1.807) is 0 Å². The molecule has 2 N–H and O–H groups in total. The van der Waals surface area contributed by atoms with Crippen LogP contribution in [0.25, 0.3) is 0 Å². The van der Waals surface area contributed by atoms with Crippen LogP contribution in [0, 0.1) is 6.92 Å². The molecule has 20 heavy (non-hydrogen) atoms. The molecular formula is C16H23NO2S. The first-order valence-corrected chi connectivity index (χ1v) is 8.27. The summed E-state index contributed by atoms with van der Waals surface area (Å²) in [7, 11) is 0. The zero-order valence-electron chi connectivity index (χ0n) is 12.2. The van der Waals surface area contributed by atoms with E-state index in [2.05, 4.69) is 36.5 Å². The number of benzene rings is 1. The van der Waals surface area contributed by atoms with Gasteiger partial charge in [0.1, 0.15) is 5.54 Å². The normalized spacial score (nSPS) is 25.8. The predicted molar refractivity (Wildman–Crippen MR) is 84.2 cm³/mol. The molecule has 1 aromatic carbocycles. The van der Waals surface area contributed by atoms with Gasteiger partial charge < -0.3 is 10.4 Å².